The highest BCUT2D eigenvalue weighted by Gasteiger charge is 2.19. The maximum atomic E-state index is 12.0. The molecule has 2 rings (SSSR count). The summed E-state index contributed by atoms with van der Waals surface area (Å²) in [6.07, 6.45) is 3.93. The number of rotatable bonds is 5. The van der Waals surface area contributed by atoms with Crippen molar-refractivity contribution in [2.45, 2.75) is 31.3 Å². The van der Waals surface area contributed by atoms with Crippen LogP contribution in [0.5, 0.6) is 0 Å². The molecule has 0 saturated carbocycles. The number of imidazole rings is 1. The summed E-state index contributed by atoms with van der Waals surface area (Å²) in [6.45, 7) is 4.02. The van der Waals surface area contributed by atoms with E-state index in [1.54, 1.807) is 4.57 Å². The molecule has 0 aliphatic heterocycles. The number of hydrogen-bond acceptors (Lipinski definition) is 6. The van der Waals surface area contributed by atoms with E-state index in [2.05, 4.69) is 19.9 Å². The van der Waals surface area contributed by atoms with Gasteiger partial charge in [0.2, 0.25) is 5.13 Å². The number of hydrogen-bond donors (Lipinski definition) is 1. The Labute approximate surface area is 109 Å². The van der Waals surface area contributed by atoms with Crippen molar-refractivity contribution in [3.63, 3.8) is 0 Å². The van der Waals surface area contributed by atoms with Crippen LogP contribution in [0.1, 0.15) is 26.3 Å². The molecule has 0 bridgehead atoms. The molecule has 1 N–H and O–H groups in total. The molecule has 18 heavy (non-hydrogen) atoms. The van der Waals surface area contributed by atoms with E-state index in [9.17, 15) is 8.42 Å². The van der Waals surface area contributed by atoms with Gasteiger partial charge in [-0.25, -0.2) is 4.98 Å². The van der Waals surface area contributed by atoms with Crippen LogP contribution in [-0.2, 0) is 10.0 Å². The normalized spacial score (nSPS) is 13.4. The van der Waals surface area contributed by atoms with Crippen LogP contribution in [0.4, 0.5) is 5.13 Å². The Morgan fingerprint density at radius 2 is 2.33 bits per heavy atom. The number of aromatic nitrogens is 4. The second-order valence-corrected chi connectivity index (χ2v) is 6.23. The molecule has 0 aromatic carbocycles. The number of anilines is 1. The van der Waals surface area contributed by atoms with Gasteiger partial charge in [0.1, 0.15) is 5.51 Å². The average molecular weight is 287 g/mol. The summed E-state index contributed by atoms with van der Waals surface area (Å²) in [5.74, 6) is 0. The van der Waals surface area contributed by atoms with Crippen LogP contribution in [0.15, 0.2) is 23.1 Å². The summed E-state index contributed by atoms with van der Waals surface area (Å²) in [7, 11) is -3.68. The van der Waals surface area contributed by atoms with E-state index in [0.717, 1.165) is 17.8 Å². The first-order valence-corrected chi connectivity index (χ1v) is 7.71. The zero-order chi connectivity index (χ0) is 13.2. The third-order valence-corrected chi connectivity index (χ3v) is 4.49. The van der Waals surface area contributed by atoms with Crippen LogP contribution in [0.25, 0.3) is 0 Å². The Balaban J connectivity index is 2.22. The molecule has 9 heteroatoms. The fourth-order valence-corrected chi connectivity index (χ4v) is 2.92. The lowest BCUT2D eigenvalue weighted by Crippen LogP contribution is -2.13. The second kappa shape index (κ2) is 5.02. The fourth-order valence-electron chi connectivity index (χ4n) is 1.29. The summed E-state index contributed by atoms with van der Waals surface area (Å²) in [5.41, 5.74) is 1.45. The van der Waals surface area contributed by atoms with Crippen LogP contribution < -0.4 is 4.72 Å². The van der Waals surface area contributed by atoms with Gasteiger partial charge in [-0.1, -0.05) is 18.3 Å². The molecule has 2 aromatic rings. The van der Waals surface area contributed by atoms with E-state index in [1.807, 2.05) is 13.8 Å². The van der Waals surface area contributed by atoms with Gasteiger partial charge in [0, 0.05) is 12.2 Å². The number of nitrogens with zero attached hydrogens (tertiary/aromatic N) is 4. The van der Waals surface area contributed by atoms with Gasteiger partial charge in [-0.15, -0.1) is 10.2 Å². The van der Waals surface area contributed by atoms with Gasteiger partial charge in [-0.05, 0) is 13.3 Å². The summed E-state index contributed by atoms with van der Waals surface area (Å²) in [4.78, 5) is 3.91. The Morgan fingerprint density at radius 1 is 1.56 bits per heavy atom. The Bertz CT molecular complexity index is 605. The summed E-state index contributed by atoms with van der Waals surface area (Å²) in [6, 6.07) is 0.211. The molecule has 0 spiro atoms. The number of sulfonamides is 1. The topological polar surface area (TPSA) is 89.8 Å². The first-order valence-electron chi connectivity index (χ1n) is 5.35. The molecule has 0 fully saturated rings. The van der Waals surface area contributed by atoms with Crippen LogP contribution in [0.2, 0.25) is 0 Å². The van der Waals surface area contributed by atoms with Crippen molar-refractivity contribution in [1.29, 1.82) is 0 Å². The van der Waals surface area contributed by atoms with E-state index in [1.165, 1.54) is 18.0 Å². The lowest BCUT2D eigenvalue weighted by Gasteiger charge is -2.08. The van der Waals surface area contributed by atoms with Crippen molar-refractivity contribution in [1.82, 2.24) is 19.7 Å². The highest BCUT2D eigenvalue weighted by atomic mass is 32.2. The van der Waals surface area contributed by atoms with Crippen molar-refractivity contribution in [2.24, 2.45) is 0 Å². The van der Waals surface area contributed by atoms with Gasteiger partial charge in [0.25, 0.3) is 10.0 Å². The van der Waals surface area contributed by atoms with Gasteiger partial charge in [0.05, 0.1) is 6.33 Å². The molecule has 1 atom stereocenters. The predicted molar refractivity (Wildman–Crippen MR) is 67.9 cm³/mol. The summed E-state index contributed by atoms with van der Waals surface area (Å²) < 4.78 is 28.1. The maximum Gasteiger partial charge on any atom is 0.282 e. The van der Waals surface area contributed by atoms with Gasteiger partial charge < -0.3 is 4.57 Å². The quantitative estimate of drug-likeness (QED) is 0.900. The smallest absolute Gasteiger partial charge is 0.282 e. The second-order valence-electron chi connectivity index (χ2n) is 3.77. The van der Waals surface area contributed by atoms with Crippen molar-refractivity contribution in [2.75, 3.05) is 4.72 Å². The van der Waals surface area contributed by atoms with Crippen molar-refractivity contribution < 1.29 is 8.42 Å². The van der Waals surface area contributed by atoms with Crippen molar-refractivity contribution in [3.05, 3.63) is 18.0 Å². The van der Waals surface area contributed by atoms with Gasteiger partial charge in [-0.2, -0.15) is 8.42 Å². The highest BCUT2D eigenvalue weighted by molar-refractivity contribution is 7.92. The largest absolute Gasteiger partial charge is 0.333 e. The monoisotopic (exact) mass is 287 g/mol. The standard InChI is InChI=1S/C9H13N5O2S2/c1-3-7(2)14-4-8(10-5-14)18(15,16)13-9-12-11-6-17-9/h4-7H,3H2,1-2H3,(H,12,13)/t7-/m1/s1. The summed E-state index contributed by atoms with van der Waals surface area (Å²) >= 11 is 1.11. The van der Waals surface area contributed by atoms with E-state index in [0.29, 0.717) is 0 Å². The van der Waals surface area contributed by atoms with E-state index >= 15 is 0 Å². The maximum absolute atomic E-state index is 12.0. The molecule has 2 aromatic heterocycles. The fraction of sp³-hybridized carbons (Fsp3) is 0.444. The Morgan fingerprint density at radius 3 is 2.94 bits per heavy atom. The molecule has 2 heterocycles. The SMILES string of the molecule is CC[C@@H](C)n1cnc(S(=O)(=O)Nc2nncs2)c1. The van der Waals surface area contributed by atoms with Crippen molar-refractivity contribution >= 4 is 26.5 Å². The van der Waals surface area contributed by atoms with Crippen LogP contribution >= 0.6 is 11.3 Å². The first-order chi connectivity index (χ1) is 8.53. The molecule has 0 saturated heterocycles. The minimum Gasteiger partial charge on any atom is -0.333 e. The van der Waals surface area contributed by atoms with Crippen LogP contribution in [-0.4, -0.2) is 28.2 Å². The minimum absolute atomic E-state index is 0.0157. The predicted octanol–water partition coefficient (Wildman–Crippen LogP) is 1.51. The Kier molecular flexibility index (Phi) is 3.62. The molecule has 0 aliphatic rings. The molecule has 0 amide bonds. The van der Waals surface area contributed by atoms with Crippen LogP contribution in [0.3, 0.4) is 0 Å². The van der Waals surface area contributed by atoms with Crippen molar-refractivity contribution in [3.8, 4) is 0 Å². The van der Waals surface area contributed by atoms with Gasteiger partial charge in [-0.3, -0.25) is 4.72 Å². The molecule has 7 nitrogen and oxygen atoms in total. The molecule has 0 radical (unpaired) electrons. The molecule has 0 aliphatic carbocycles. The van der Waals surface area contributed by atoms with E-state index in [4.69, 9.17) is 0 Å². The summed E-state index contributed by atoms with van der Waals surface area (Å²) in [5, 5.41) is 7.41. The zero-order valence-electron chi connectivity index (χ0n) is 9.94. The third-order valence-electron chi connectivity index (χ3n) is 2.53. The first kappa shape index (κ1) is 13.0. The lowest BCUT2D eigenvalue weighted by molar-refractivity contribution is 0.529. The van der Waals surface area contributed by atoms with E-state index in [-0.39, 0.29) is 16.2 Å². The highest BCUT2D eigenvalue weighted by Crippen LogP contribution is 2.17. The van der Waals surface area contributed by atoms with Gasteiger partial charge >= 0.3 is 0 Å². The molecule has 0 unspecified atom stereocenters. The molecular weight excluding hydrogens is 274 g/mol. The molecule has 98 valence electrons. The third kappa shape index (κ3) is 2.67. The lowest BCUT2D eigenvalue weighted by atomic mass is 10.3. The van der Waals surface area contributed by atoms with Crippen LogP contribution in [0, 0.1) is 0 Å². The number of nitrogens with one attached hydrogen (secondary N) is 1. The average Bonchev–Trinajstić information content (AvgIpc) is 2.97. The van der Waals surface area contributed by atoms with Gasteiger partial charge in [0.15, 0.2) is 5.03 Å². The molecular formula is C9H13N5O2S2. The van der Waals surface area contributed by atoms with E-state index < -0.39 is 10.0 Å². The zero-order valence-corrected chi connectivity index (χ0v) is 11.6. The Hall–Kier alpha value is -1.48. The minimum atomic E-state index is -3.68.